The van der Waals surface area contributed by atoms with E-state index in [-0.39, 0.29) is 4.90 Å². The lowest BCUT2D eigenvalue weighted by Crippen LogP contribution is -2.20. The molecular formula is C20H22N4O2S. The molecule has 0 saturated carbocycles. The molecule has 0 amide bonds. The maximum absolute atomic E-state index is 12.3. The van der Waals surface area contributed by atoms with Gasteiger partial charge in [-0.3, -0.25) is 0 Å². The maximum atomic E-state index is 12.3. The average molecular weight is 382 g/mol. The van der Waals surface area contributed by atoms with E-state index in [2.05, 4.69) is 40.5 Å². The summed E-state index contributed by atoms with van der Waals surface area (Å²) in [6.07, 6.45) is 0. The molecular weight excluding hydrogens is 360 g/mol. The molecule has 0 aliphatic heterocycles. The summed E-state index contributed by atoms with van der Waals surface area (Å²) < 4.78 is 26.8. The van der Waals surface area contributed by atoms with Gasteiger partial charge in [0.05, 0.1) is 10.6 Å². The highest BCUT2D eigenvalue weighted by Crippen LogP contribution is 2.17. The van der Waals surface area contributed by atoms with Gasteiger partial charge in [0.1, 0.15) is 0 Å². The number of hydrazone groups is 1. The molecule has 0 radical (unpaired) electrons. The van der Waals surface area contributed by atoms with Crippen LogP contribution < -0.4 is 10.6 Å². The quantitative estimate of drug-likeness (QED) is 0.403. The van der Waals surface area contributed by atoms with Gasteiger partial charge in [0, 0.05) is 22.8 Å². The molecule has 0 atom stereocenters. The predicted molar refractivity (Wildman–Crippen MR) is 109 cm³/mol. The first kappa shape index (κ1) is 18.7. The number of benzene rings is 2. The molecule has 27 heavy (non-hydrogen) atoms. The first-order valence-electron chi connectivity index (χ1n) is 8.45. The lowest BCUT2D eigenvalue weighted by atomic mass is 10.1. The van der Waals surface area contributed by atoms with Gasteiger partial charge in [0.2, 0.25) is 0 Å². The number of rotatable bonds is 5. The zero-order valence-corrected chi connectivity index (χ0v) is 16.3. The monoisotopic (exact) mass is 382 g/mol. The van der Waals surface area contributed by atoms with Crippen molar-refractivity contribution in [2.45, 2.75) is 25.7 Å². The SMILES string of the molecule is C/C(=N\NS(=O)(=O)c1ccc(N)cc1)c1ccc(-n2c(C)ccc2C)cc1. The molecule has 0 fully saturated rings. The summed E-state index contributed by atoms with van der Waals surface area (Å²) >= 11 is 0. The number of nitrogens with zero attached hydrogens (tertiary/aromatic N) is 2. The van der Waals surface area contributed by atoms with Gasteiger partial charge in [-0.25, -0.2) is 0 Å². The van der Waals surface area contributed by atoms with E-state index in [1.807, 2.05) is 24.3 Å². The number of hydrogen-bond acceptors (Lipinski definition) is 4. The zero-order chi connectivity index (χ0) is 19.6. The summed E-state index contributed by atoms with van der Waals surface area (Å²) in [6.45, 7) is 5.87. The van der Waals surface area contributed by atoms with Gasteiger partial charge in [-0.15, -0.1) is 0 Å². The normalized spacial score (nSPS) is 12.2. The molecule has 3 aromatic rings. The molecule has 1 heterocycles. The van der Waals surface area contributed by atoms with Gasteiger partial charge in [0.25, 0.3) is 10.0 Å². The first-order valence-corrected chi connectivity index (χ1v) is 9.93. The Morgan fingerprint density at radius 1 is 0.926 bits per heavy atom. The Morgan fingerprint density at radius 2 is 1.48 bits per heavy atom. The van der Waals surface area contributed by atoms with E-state index in [1.165, 1.54) is 24.3 Å². The third-order valence-electron chi connectivity index (χ3n) is 4.34. The molecule has 140 valence electrons. The van der Waals surface area contributed by atoms with E-state index in [4.69, 9.17) is 5.73 Å². The summed E-state index contributed by atoms with van der Waals surface area (Å²) in [7, 11) is -3.73. The number of sulfonamides is 1. The Hall–Kier alpha value is -3.06. The molecule has 2 aromatic carbocycles. The maximum Gasteiger partial charge on any atom is 0.276 e. The van der Waals surface area contributed by atoms with E-state index in [9.17, 15) is 8.42 Å². The second-order valence-corrected chi connectivity index (χ2v) is 8.02. The number of hydrogen-bond donors (Lipinski definition) is 2. The number of nitrogens with two attached hydrogens (primary N) is 1. The second kappa shape index (κ2) is 7.28. The molecule has 3 rings (SSSR count). The largest absolute Gasteiger partial charge is 0.399 e. The second-order valence-electron chi connectivity index (χ2n) is 6.36. The van der Waals surface area contributed by atoms with Crippen molar-refractivity contribution >= 4 is 21.4 Å². The number of aromatic nitrogens is 1. The molecule has 6 nitrogen and oxygen atoms in total. The van der Waals surface area contributed by atoms with E-state index in [1.54, 1.807) is 6.92 Å². The van der Waals surface area contributed by atoms with Gasteiger partial charge in [-0.1, -0.05) is 12.1 Å². The number of nitrogen functional groups attached to an aromatic ring is 1. The van der Waals surface area contributed by atoms with Crippen LogP contribution >= 0.6 is 0 Å². The van der Waals surface area contributed by atoms with Crippen LogP contribution in [-0.4, -0.2) is 18.7 Å². The molecule has 0 aliphatic rings. The molecule has 0 bridgehead atoms. The highest BCUT2D eigenvalue weighted by Gasteiger charge is 2.13. The number of aryl methyl sites for hydroxylation is 2. The summed E-state index contributed by atoms with van der Waals surface area (Å²) in [4.78, 5) is 2.38. The Kier molecular flexibility index (Phi) is 5.05. The summed E-state index contributed by atoms with van der Waals surface area (Å²) in [6, 6.07) is 17.9. The van der Waals surface area contributed by atoms with Crippen molar-refractivity contribution in [1.29, 1.82) is 0 Å². The van der Waals surface area contributed by atoms with Crippen molar-refractivity contribution in [2.75, 3.05) is 5.73 Å². The van der Waals surface area contributed by atoms with Crippen LogP contribution in [0, 0.1) is 13.8 Å². The topological polar surface area (TPSA) is 89.5 Å². The van der Waals surface area contributed by atoms with Crippen molar-refractivity contribution in [3.63, 3.8) is 0 Å². The van der Waals surface area contributed by atoms with E-state index in [0.717, 1.165) is 22.6 Å². The minimum absolute atomic E-state index is 0.113. The van der Waals surface area contributed by atoms with Crippen molar-refractivity contribution in [3.05, 3.63) is 77.6 Å². The lowest BCUT2D eigenvalue weighted by molar-refractivity contribution is 0.584. The van der Waals surface area contributed by atoms with Crippen molar-refractivity contribution in [3.8, 4) is 5.69 Å². The fourth-order valence-corrected chi connectivity index (χ4v) is 3.68. The fraction of sp³-hybridized carbons (Fsp3) is 0.150. The van der Waals surface area contributed by atoms with Crippen LogP contribution in [0.4, 0.5) is 5.69 Å². The Morgan fingerprint density at radius 3 is 2.04 bits per heavy atom. The van der Waals surface area contributed by atoms with Crippen LogP contribution in [-0.2, 0) is 10.0 Å². The van der Waals surface area contributed by atoms with Gasteiger partial charge in [-0.05, 0) is 74.9 Å². The third-order valence-corrected chi connectivity index (χ3v) is 5.56. The van der Waals surface area contributed by atoms with Crippen LogP contribution in [0.25, 0.3) is 5.69 Å². The fourth-order valence-electron chi connectivity index (χ4n) is 2.82. The third kappa shape index (κ3) is 4.03. The summed E-state index contributed by atoms with van der Waals surface area (Å²) in [5.41, 5.74) is 10.9. The number of anilines is 1. The van der Waals surface area contributed by atoms with E-state index < -0.39 is 10.0 Å². The Balaban J connectivity index is 1.79. The smallest absolute Gasteiger partial charge is 0.276 e. The lowest BCUT2D eigenvalue weighted by Gasteiger charge is -2.10. The van der Waals surface area contributed by atoms with Gasteiger partial charge < -0.3 is 10.3 Å². The molecule has 3 N–H and O–H groups in total. The van der Waals surface area contributed by atoms with Crippen molar-refractivity contribution < 1.29 is 8.42 Å². The average Bonchev–Trinajstić information content (AvgIpc) is 2.99. The van der Waals surface area contributed by atoms with Crippen LogP contribution in [0.2, 0.25) is 0 Å². The molecule has 7 heteroatoms. The molecule has 0 saturated heterocycles. The first-order chi connectivity index (χ1) is 12.8. The van der Waals surface area contributed by atoms with Gasteiger partial charge >= 0.3 is 0 Å². The standard InChI is InChI=1S/C20H22N4O2S/c1-14-4-5-15(2)24(14)19-10-6-17(7-11-19)16(3)22-23-27(25,26)20-12-8-18(21)9-13-20/h4-13,23H,21H2,1-3H3/b22-16+. The van der Waals surface area contributed by atoms with Crippen molar-refractivity contribution in [2.24, 2.45) is 5.10 Å². The highest BCUT2D eigenvalue weighted by molar-refractivity contribution is 7.89. The van der Waals surface area contributed by atoms with Crippen LogP contribution in [0.1, 0.15) is 23.9 Å². The molecule has 0 spiro atoms. The summed E-state index contributed by atoms with van der Waals surface area (Å²) in [5, 5.41) is 4.03. The highest BCUT2D eigenvalue weighted by atomic mass is 32.2. The van der Waals surface area contributed by atoms with Crippen molar-refractivity contribution in [1.82, 2.24) is 9.40 Å². The Labute approximate surface area is 159 Å². The van der Waals surface area contributed by atoms with Gasteiger partial charge in [-0.2, -0.15) is 18.4 Å². The van der Waals surface area contributed by atoms with E-state index in [0.29, 0.717) is 11.4 Å². The van der Waals surface area contributed by atoms with E-state index >= 15 is 0 Å². The molecule has 0 unspecified atom stereocenters. The predicted octanol–water partition coefficient (Wildman–Crippen LogP) is 3.38. The zero-order valence-electron chi connectivity index (χ0n) is 15.5. The summed E-state index contributed by atoms with van der Waals surface area (Å²) in [5.74, 6) is 0. The van der Waals surface area contributed by atoms with Crippen LogP contribution in [0.15, 0.2) is 70.7 Å². The Bertz CT molecular complexity index is 1060. The number of nitrogens with one attached hydrogen (secondary N) is 1. The molecule has 1 aromatic heterocycles. The minimum Gasteiger partial charge on any atom is -0.399 e. The molecule has 0 aliphatic carbocycles. The van der Waals surface area contributed by atoms with Gasteiger partial charge in [0.15, 0.2) is 0 Å². The van der Waals surface area contributed by atoms with Crippen LogP contribution in [0.5, 0.6) is 0 Å². The minimum atomic E-state index is -3.73. The van der Waals surface area contributed by atoms with Crippen LogP contribution in [0.3, 0.4) is 0 Å².